The number of aromatic nitrogens is 2. The summed E-state index contributed by atoms with van der Waals surface area (Å²) in [5, 5.41) is 7.00. The Bertz CT molecular complexity index is 526. The van der Waals surface area contributed by atoms with E-state index in [1.165, 1.54) is 25.6 Å². The molecule has 1 unspecified atom stereocenters. The molecule has 1 aliphatic heterocycles. The summed E-state index contributed by atoms with van der Waals surface area (Å²) in [6.45, 7) is 8.34. The van der Waals surface area contributed by atoms with Crippen molar-refractivity contribution in [2.45, 2.75) is 39.2 Å². The van der Waals surface area contributed by atoms with Crippen LogP contribution in [0.15, 0.2) is 6.20 Å². The van der Waals surface area contributed by atoms with Crippen LogP contribution < -0.4 is 0 Å². The number of carbonyl (C=O) groups excluding carboxylic acids is 1. The first kappa shape index (κ1) is 15.8. The lowest BCUT2D eigenvalue weighted by molar-refractivity contribution is 0.0699. The maximum absolute atomic E-state index is 12.7. The normalized spacial score (nSPS) is 23.8. The Labute approximate surface area is 137 Å². The maximum atomic E-state index is 12.7. The SMILES string of the molecule is CC(C)C1CN(C(=O)c2[nH]ncc2Cl)CCCN1CC1CC1. The van der Waals surface area contributed by atoms with Crippen molar-refractivity contribution in [1.82, 2.24) is 20.0 Å². The summed E-state index contributed by atoms with van der Waals surface area (Å²) >= 11 is 6.05. The van der Waals surface area contributed by atoms with Crippen LogP contribution in [0.5, 0.6) is 0 Å². The van der Waals surface area contributed by atoms with Crippen molar-refractivity contribution in [3.8, 4) is 0 Å². The summed E-state index contributed by atoms with van der Waals surface area (Å²) in [6.07, 6.45) is 5.25. The molecule has 1 aliphatic carbocycles. The molecule has 2 aliphatic rings. The molecule has 1 N–H and O–H groups in total. The molecule has 0 spiro atoms. The van der Waals surface area contributed by atoms with Gasteiger partial charge in [-0.05, 0) is 31.1 Å². The predicted octanol–water partition coefficient (Wildman–Crippen LogP) is 2.65. The number of hydrogen-bond acceptors (Lipinski definition) is 3. The van der Waals surface area contributed by atoms with Crippen LogP contribution >= 0.6 is 11.6 Å². The molecule has 3 rings (SSSR count). The smallest absolute Gasteiger partial charge is 0.273 e. The van der Waals surface area contributed by atoms with E-state index in [0.29, 0.717) is 22.7 Å². The van der Waals surface area contributed by atoms with Gasteiger partial charge in [0.15, 0.2) is 0 Å². The van der Waals surface area contributed by atoms with Gasteiger partial charge in [0.25, 0.3) is 5.91 Å². The van der Waals surface area contributed by atoms with Crippen LogP contribution in [0, 0.1) is 11.8 Å². The van der Waals surface area contributed by atoms with E-state index in [1.54, 1.807) is 0 Å². The van der Waals surface area contributed by atoms with Crippen LogP contribution in [0.3, 0.4) is 0 Å². The Morgan fingerprint density at radius 3 is 2.82 bits per heavy atom. The third-order valence-corrected chi connectivity index (χ3v) is 5.09. The van der Waals surface area contributed by atoms with Gasteiger partial charge in [-0.2, -0.15) is 5.10 Å². The van der Waals surface area contributed by atoms with Gasteiger partial charge < -0.3 is 4.90 Å². The summed E-state index contributed by atoms with van der Waals surface area (Å²) in [5.41, 5.74) is 0.416. The number of H-pyrrole nitrogens is 1. The van der Waals surface area contributed by atoms with Crippen LogP contribution in [0.25, 0.3) is 0 Å². The van der Waals surface area contributed by atoms with Crippen LogP contribution in [0.4, 0.5) is 0 Å². The fourth-order valence-electron chi connectivity index (χ4n) is 3.32. The highest BCUT2D eigenvalue weighted by molar-refractivity contribution is 6.33. The first-order chi connectivity index (χ1) is 10.6. The van der Waals surface area contributed by atoms with Gasteiger partial charge in [-0.3, -0.25) is 14.8 Å². The molecule has 0 radical (unpaired) electrons. The van der Waals surface area contributed by atoms with Crippen molar-refractivity contribution >= 4 is 17.5 Å². The molecule has 1 saturated heterocycles. The van der Waals surface area contributed by atoms with Crippen molar-refractivity contribution in [3.05, 3.63) is 16.9 Å². The Hall–Kier alpha value is -1.07. The Kier molecular flexibility index (Phi) is 4.73. The molecule has 122 valence electrons. The van der Waals surface area contributed by atoms with Crippen molar-refractivity contribution < 1.29 is 4.79 Å². The van der Waals surface area contributed by atoms with Crippen molar-refractivity contribution in [1.29, 1.82) is 0 Å². The molecular formula is C16H25ClN4O. The molecule has 0 bridgehead atoms. The van der Waals surface area contributed by atoms with Gasteiger partial charge >= 0.3 is 0 Å². The minimum Gasteiger partial charge on any atom is -0.336 e. The fourth-order valence-corrected chi connectivity index (χ4v) is 3.49. The average molecular weight is 325 g/mol. The first-order valence-electron chi connectivity index (χ1n) is 8.28. The summed E-state index contributed by atoms with van der Waals surface area (Å²) in [6, 6.07) is 0.425. The van der Waals surface area contributed by atoms with Crippen molar-refractivity contribution in [3.63, 3.8) is 0 Å². The molecule has 2 heterocycles. The zero-order valence-corrected chi connectivity index (χ0v) is 14.1. The van der Waals surface area contributed by atoms with E-state index < -0.39 is 0 Å². The second-order valence-corrected chi connectivity index (χ2v) is 7.35. The van der Waals surface area contributed by atoms with Gasteiger partial charge in [0.2, 0.25) is 0 Å². The number of nitrogens with zero attached hydrogens (tertiary/aromatic N) is 3. The fraction of sp³-hybridized carbons (Fsp3) is 0.750. The zero-order chi connectivity index (χ0) is 15.7. The third kappa shape index (κ3) is 3.46. The number of aromatic amines is 1. The third-order valence-electron chi connectivity index (χ3n) is 4.80. The molecule has 6 heteroatoms. The van der Waals surface area contributed by atoms with Gasteiger partial charge in [-0.1, -0.05) is 25.4 Å². The lowest BCUT2D eigenvalue weighted by Gasteiger charge is -2.34. The molecule has 1 saturated carbocycles. The van der Waals surface area contributed by atoms with Crippen LogP contribution in [-0.2, 0) is 0 Å². The van der Waals surface area contributed by atoms with E-state index in [4.69, 9.17) is 11.6 Å². The molecule has 1 aromatic rings. The second kappa shape index (κ2) is 6.59. The standard InChI is InChI=1S/C16H25ClN4O/c1-11(2)14-10-21(16(22)15-13(17)8-18-19-15)7-3-6-20(14)9-12-4-5-12/h8,11-12,14H,3-7,9-10H2,1-2H3,(H,18,19). The average Bonchev–Trinajstić information content (AvgIpc) is 3.23. The largest absolute Gasteiger partial charge is 0.336 e. The molecule has 1 aromatic heterocycles. The lowest BCUT2D eigenvalue weighted by atomic mass is 10.0. The number of hydrogen-bond donors (Lipinski definition) is 1. The van der Waals surface area contributed by atoms with E-state index in [0.717, 1.165) is 32.0 Å². The van der Waals surface area contributed by atoms with Crippen LogP contribution in [0.2, 0.25) is 5.02 Å². The Morgan fingerprint density at radius 1 is 1.45 bits per heavy atom. The van der Waals surface area contributed by atoms with Crippen molar-refractivity contribution in [2.24, 2.45) is 11.8 Å². The number of carbonyl (C=O) groups is 1. The summed E-state index contributed by atoms with van der Waals surface area (Å²) < 4.78 is 0. The molecule has 1 amide bonds. The van der Waals surface area contributed by atoms with Gasteiger partial charge in [-0.15, -0.1) is 0 Å². The van der Waals surface area contributed by atoms with Gasteiger partial charge in [0.1, 0.15) is 5.69 Å². The number of nitrogens with one attached hydrogen (secondary N) is 1. The van der Waals surface area contributed by atoms with E-state index in [9.17, 15) is 4.79 Å². The van der Waals surface area contributed by atoms with Gasteiger partial charge in [0, 0.05) is 32.2 Å². The minimum absolute atomic E-state index is 0.0265. The Morgan fingerprint density at radius 2 is 2.23 bits per heavy atom. The minimum atomic E-state index is -0.0265. The van der Waals surface area contributed by atoms with Crippen LogP contribution in [0.1, 0.15) is 43.6 Å². The molecule has 22 heavy (non-hydrogen) atoms. The van der Waals surface area contributed by atoms with Crippen molar-refractivity contribution in [2.75, 3.05) is 26.2 Å². The summed E-state index contributed by atoms with van der Waals surface area (Å²) in [4.78, 5) is 17.2. The van der Waals surface area contributed by atoms with Crippen LogP contribution in [-0.4, -0.2) is 58.1 Å². The molecule has 0 aromatic carbocycles. The second-order valence-electron chi connectivity index (χ2n) is 6.95. The number of amides is 1. The van der Waals surface area contributed by atoms with E-state index >= 15 is 0 Å². The number of rotatable bonds is 4. The Balaban J connectivity index is 1.73. The quantitative estimate of drug-likeness (QED) is 0.926. The molecule has 1 atom stereocenters. The first-order valence-corrected chi connectivity index (χ1v) is 8.66. The molecule has 5 nitrogen and oxygen atoms in total. The zero-order valence-electron chi connectivity index (χ0n) is 13.4. The summed E-state index contributed by atoms with van der Waals surface area (Å²) in [7, 11) is 0. The van der Waals surface area contributed by atoms with E-state index in [2.05, 4.69) is 28.9 Å². The highest BCUT2D eigenvalue weighted by Gasteiger charge is 2.34. The van der Waals surface area contributed by atoms with E-state index in [-0.39, 0.29) is 5.91 Å². The van der Waals surface area contributed by atoms with Gasteiger partial charge in [-0.25, -0.2) is 0 Å². The molecular weight excluding hydrogens is 300 g/mol. The topological polar surface area (TPSA) is 52.2 Å². The number of halogens is 1. The van der Waals surface area contributed by atoms with Gasteiger partial charge in [0.05, 0.1) is 11.2 Å². The highest BCUT2D eigenvalue weighted by atomic mass is 35.5. The monoisotopic (exact) mass is 324 g/mol. The predicted molar refractivity (Wildman–Crippen MR) is 87.0 cm³/mol. The highest BCUT2D eigenvalue weighted by Crippen LogP contribution is 2.32. The molecule has 2 fully saturated rings. The summed E-state index contributed by atoms with van der Waals surface area (Å²) in [5.74, 6) is 1.39. The van der Waals surface area contributed by atoms with E-state index in [1.807, 2.05) is 4.90 Å². The lowest BCUT2D eigenvalue weighted by Crippen LogP contribution is -2.46. The maximum Gasteiger partial charge on any atom is 0.273 e.